The van der Waals surface area contributed by atoms with Crippen LogP contribution in [0.3, 0.4) is 0 Å². The Morgan fingerprint density at radius 2 is 1.82 bits per heavy atom. The molecule has 0 spiro atoms. The van der Waals surface area contributed by atoms with Crippen LogP contribution in [0.4, 0.5) is 0 Å². The zero-order chi connectivity index (χ0) is 12.4. The smallest absolute Gasteiger partial charge is 0.189 e. The molecule has 2 nitrogen and oxygen atoms in total. The van der Waals surface area contributed by atoms with Crippen molar-refractivity contribution in [3.05, 3.63) is 59.2 Å². The average molecular weight is 226 g/mol. The monoisotopic (exact) mass is 226 g/mol. The Bertz CT molecular complexity index is 536. The van der Waals surface area contributed by atoms with E-state index in [1.807, 2.05) is 6.92 Å². The van der Waals surface area contributed by atoms with Crippen molar-refractivity contribution in [1.29, 1.82) is 0 Å². The fourth-order valence-electron chi connectivity index (χ4n) is 1.90. The quantitative estimate of drug-likeness (QED) is 0.741. The van der Waals surface area contributed by atoms with Crippen LogP contribution in [0.25, 0.3) is 0 Å². The van der Waals surface area contributed by atoms with Crippen molar-refractivity contribution in [3.8, 4) is 0 Å². The average Bonchev–Trinajstić information content (AvgIpc) is 2.32. The molecule has 0 N–H and O–H groups in total. The van der Waals surface area contributed by atoms with Gasteiger partial charge in [0.25, 0.3) is 0 Å². The number of hydrogen-bond donors (Lipinski definition) is 0. The molecule has 0 aromatic heterocycles. The van der Waals surface area contributed by atoms with Crippen LogP contribution in [-0.2, 0) is 0 Å². The van der Waals surface area contributed by atoms with E-state index in [9.17, 15) is 9.59 Å². The minimum Gasteiger partial charge on any atom is -0.289 e. The van der Waals surface area contributed by atoms with Crippen molar-refractivity contribution in [3.63, 3.8) is 0 Å². The molecule has 1 aromatic rings. The van der Waals surface area contributed by atoms with Gasteiger partial charge in [0, 0.05) is 16.7 Å². The van der Waals surface area contributed by atoms with Gasteiger partial charge in [-0.2, -0.15) is 0 Å². The second-order valence-electron chi connectivity index (χ2n) is 4.37. The summed E-state index contributed by atoms with van der Waals surface area (Å²) in [5, 5.41) is 0. The number of ketones is 2. The molecular weight excluding hydrogens is 212 g/mol. The third-order valence-electron chi connectivity index (χ3n) is 2.86. The van der Waals surface area contributed by atoms with Gasteiger partial charge in [0.05, 0.1) is 0 Å². The summed E-state index contributed by atoms with van der Waals surface area (Å²) in [6, 6.07) is 6.97. The summed E-state index contributed by atoms with van der Waals surface area (Å²) >= 11 is 0. The molecule has 0 heterocycles. The normalized spacial score (nSPS) is 14.3. The van der Waals surface area contributed by atoms with E-state index in [-0.39, 0.29) is 11.6 Å². The summed E-state index contributed by atoms with van der Waals surface area (Å²) in [5.41, 5.74) is 2.65. The summed E-state index contributed by atoms with van der Waals surface area (Å²) in [6.07, 6.45) is 2.80. The molecule has 0 saturated heterocycles. The SMILES string of the molecule is C=C(C)CCC1=CC(=O)c2ccccc2C1=O. The van der Waals surface area contributed by atoms with Gasteiger partial charge < -0.3 is 0 Å². The molecule has 1 aliphatic carbocycles. The molecule has 2 rings (SSSR count). The highest BCUT2D eigenvalue weighted by molar-refractivity contribution is 6.24. The summed E-state index contributed by atoms with van der Waals surface area (Å²) in [7, 11) is 0. The summed E-state index contributed by atoms with van der Waals surface area (Å²) in [5.74, 6) is -0.0987. The van der Waals surface area contributed by atoms with Crippen LogP contribution >= 0.6 is 0 Å². The highest BCUT2D eigenvalue weighted by Crippen LogP contribution is 2.24. The molecule has 1 aromatic carbocycles. The largest absolute Gasteiger partial charge is 0.289 e. The Morgan fingerprint density at radius 3 is 2.47 bits per heavy atom. The topological polar surface area (TPSA) is 34.1 Å². The van der Waals surface area contributed by atoms with Gasteiger partial charge in [0.1, 0.15) is 0 Å². The number of fused-ring (bicyclic) bond motifs is 1. The van der Waals surface area contributed by atoms with E-state index >= 15 is 0 Å². The summed E-state index contributed by atoms with van der Waals surface area (Å²) < 4.78 is 0. The molecule has 0 saturated carbocycles. The summed E-state index contributed by atoms with van der Waals surface area (Å²) in [6.45, 7) is 5.72. The van der Waals surface area contributed by atoms with Gasteiger partial charge in [0.15, 0.2) is 11.6 Å². The Labute approximate surface area is 101 Å². The first-order valence-corrected chi connectivity index (χ1v) is 5.62. The van der Waals surface area contributed by atoms with Crippen molar-refractivity contribution in [2.75, 3.05) is 0 Å². The van der Waals surface area contributed by atoms with Crippen molar-refractivity contribution < 1.29 is 9.59 Å². The third-order valence-corrected chi connectivity index (χ3v) is 2.86. The van der Waals surface area contributed by atoms with Crippen molar-refractivity contribution in [1.82, 2.24) is 0 Å². The number of benzene rings is 1. The van der Waals surface area contributed by atoms with Crippen LogP contribution in [0.2, 0.25) is 0 Å². The first-order valence-electron chi connectivity index (χ1n) is 5.62. The fraction of sp³-hybridized carbons (Fsp3) is 0.200. The number of carbonyl (C=O) groups excluding carboxylic acids is 2. The van der Waals surface area contributed by atoms with Crippen LogP contribution in [0.1, 0.15) is 40.5 Å². The van der Waals surface area contributed by atoms with Gasteiger partial charge >= 0.3 is 0 Å². The van der Waals surface area contributed by atoms with Crippen molar-refractivity contribution in [2.24, 2.45) is 0 Å². The lowest BCUT2D eigenvalue weighted by Gasteiger charge is -2.14. The molecule has 17 heavy (non-hydrogen) atoms. The number of Topliss-reactive ketones (excluding diaryl/α,β-unsaturated/α-hetero) is 1. The molecule has 0 aliphatic heterocycles. The Kier molecular flexibility index (Phi) is 3.05. The molecule has 0 fully saturated rings. The number of carbonyl (C=O) groups is 2. The Hall–Kier alpha value is -1.96. The first kappa shape index (κ1) is 11.5. The van der Waals surface area contributed by atoms with Crippen molar-refractivity contribution >= 4 is 11.6 Å². The number of hydrogen-bond acceptors (Lipinski definition) is 2. The molecule has 0 bridgehead atoms. The lowest BCUT2D eigenvalue weighted by molar-refractivity contribution is 0.0981. The highest BCUT2D eigenvalue weighted by atomic mass is 16.1. The molecule has 0 radical (unpaired) electrons. The van der Waals surface area contributed by atoms with E-state index in [2.05, 4.69) is 6.58 Å². The molecule has 2 heteroatoms. The zero-order valence-electron chi connectivity index (χ0n) is 9.82. The molecule has 0 atom stereocenters. The van der Waals surface area contributed by atoms with E-state index in [1.165, 1.54) is 6.08 Å². The van der Waals surface area contributed by atoms with Gasteiger partial charge in [-0.3, -0.25) is 9.59 Å². The van der Waals surface area contributed by atoms with E-state index in [1.54, 1.807) is 24.3 Å². The van der Waals surface area contributed by atoms with E-state index in [0.717, 1.165) is 12.0 Å². The maximum absolute atomic E-state index is 12.1. The van der Waals surface area contributed by atoms with Gasteiger partial charge in [0.2, 0.25) is 0 Å². The number of rotatable bonds is 3. The lowest BCUT2D eigenvalue weighted by Crippen LogP contribution is -2.16. The van der Waals surface area contributed by atoms with Crippen LogP contribution in [-0.4, -0.2) is 11.6 Å². The van der Waals surface area contributed by atoms with Crippen molar-refractivity contribution in [2.45, 2.75) is 19.8 Å². The lowest BCUT2D eigenvalue weighted by atomic mass is 9.87. The minimum absolute atomic E-state index is 0.0264. The predicted molar refractivity (Wildman–Crippen MR) is 67.2 cm³/mol. The van der Waals surface area contributed by atoms with Gasteiger partial charge in [-0.1, -0.05) is 29.8 Å². The van der Waals surface area contributed by atoms with Crippen LogP contribution in [0, 0.1) is 0 Å². The highest BCUT2D eigenvalue weighted by Gasteiger charge is 2.24. The number of allylic oxidation sites excluding steroid dienone is 3. The van der Waals surface area contributed by atoms with E-state index < -0.39 is 0 Å². The van der Waals surface area contributed by atoms with Crippen LogP contribution in [0.5, 0.6) is 0 Å². The van der Waals surface area contributed by atoms with Gasteiger partial charge in [-0.05, 0) is 25.8 Å². The maximum atomic E-state index is 12.1. The van der Waals surface area contributed by atoms with E-state index in [4.69, 9.17) is 0 Å². The van der Waals surface area contributed by atoms with Gasteiger partial charge in [-0.15, -0.1) is 6.58 Å². The van der Waals surface area contributed by atoms with E-state index in [0.29, 0.717) is 23.1 Å². The minimum atomic E-state index is -0.0723. The molecule has 86 valence electrons. The van der Waals surface area contributed by atoms with Crippen LogP contribution in [0.15, 0.2) is 48.1 Å². The summed E-state index contributed by atoms with van der Waals surface area (Å²) in [4.78, 5) is 24.0. The predicted octanol–water partition coefficient (Wildman–Crippen LogP) is 3.35. The zero-order valence-corrected chi connectivity index (χ0v) is 9.82. The fourth-order valence-corrected chi connectivity index (χ4v) is 1.90. The Balaban J connectivity index is 2.32. The molecule has 1 aliphatic rings. The Morgan fingerprint density at radius 1 is 1.18 bits per heavy atom. The molecule has 0 unspecified atom stereocenters. The van der Waals surface area contributed by atoms with Gasteiger partial charge in [-0.25, -0.2) is 0 Å². The second kappa shape index (κ2) is 4.50. The molecular formula is C15H14O2. The second-order valence-corrected chi connectivity index (χ2v) is 4.37. The molecule has 0 amide bonds. The third kappa shape index (κ3) is 2.26. The maximum Gasteiger partial charge on any atom is 0.189 e. The van der Waals surface area contributed by atoms with Crippen LogP contribution < -0.4 is 0 Å². The standard InChI is InChI=1S/C15H14O2/c1-10(2)7-8-11-9-14(16)12-5-3-4-6-13(12)15(11)17/h3-6,9H,1,7-8H2,2H3. The first-order chi connectivity index (χ1) is 8.09.